The normalized spacial score (nSPS) is 15.8. The molecule has 0 fully saturated rings. The molecule has 1 aliphatic heterocycles. The Kier molecular flexibility index (Phi) is 4.78. The molecule has 3 rings (SSSR count). The van der Waals surface area contributed by atoms with Crippen LogP contribution in [0.15, 0.2) is 15.3 Å². The highest BCUT2D eigenvalue weighted by Crippen LogP contribution is 2.47. The van der Waals surface area contributed by atoms with Gasteiger partial charge in [-0.3, -0.25) is 0 Å². The van der Waals surface area contributed by atoms with Crippen molar-refractivity contribution >= 4 is 11.0 Å². The summed E-state index contributed by atoms with van der Waals surface area (Å²) in [4.78, 5) is 12.1. The third kappa shape index (κ3) is 3.25. The molecule has 0 aliphatic carbocycles. The van der Waals surface area contributed by atoms with E-state index in [4.69, 9.17) is 9.15 Å². The van der Waals surface area contributed by atoms with Crippen molar-refractivity contribution in [1.29, 1.82) is 0 Å². The Labute approximate surface area is 147 Å². The maximum atomic E-state index is 12.1. The molecule has 0 saturated carbocycles. The van der Waals surface area contributed by atoms with Crippen LogP contribution in [0.3, 0.4) is 0 Å². The van der Waals surface area contributed by atoms with Gasteiger partial charge in [-0.15, -0.1) is 0 Å². The predicted molar refractivity (Wildman–Crippen MR) is 96.6 cm³/mol. The average molecular weight is 346 g/mol. The van der Waals surface area contributed by atoms with Crippen LogP contribution in [0.25, 0.3) is 11.0 Å². The molecular formula is C20H26O5. The lowest BCUT2D eigenvalue weighted by atomic mass is 9.88. The summed E-state index contributed by atoms with van der Waals surface area (Å²) in [5.74, 6) is 0.784. The third-order valence-electron chi connectivity index (χ3n) is 4.85. The van der Waals surface area contributed by atoms with Gasteiger partial charge < -0.3 is 19.4 Å². The predicted octanol–water partition coefficient (Wildman–Crippen LogP) is 3.48. The van der Waals surface area contributed by atoms with Crippen molar-refractivity contribution in [3.8, 4) is 11.5 Å². The number of hydrogen-bond acceptors (Lipinski definition) is 5. The molecule has 0 bridgehead atoms. The topological polar surface area (TPSA) is 79.9 Å². The minimum absolute atomic E-state index is 0.0143. The van der Waals surface area contributed by atoms with Gasteiger partial charge in [0.1, 0.15) is 22.7 Å². The van der Waals surface area contributed by atoms with Gasteiger partial charge in [-0.05, 0) is 51.5 Å². The maximum absolute atomic E-state index is 12.1. The van der Waals surface area contributed by atoms with Gasteiger partial charge in [0.05, 0.1) is 5.39 Å². The second-order valence-electron chi connectivity index (χ2n) is 7.37. The van der Waals surface area contributed by atoms with E-state index in [1.54, 1.807) is 0 Å². The number of aliphatic hydroxyl groups is 1. The molecule has 0 radical (unpaired) electrons. The Morgan fingerprint density at radius 1 is 1.28 bits per heavy atom. The van der Waals surface area contributed by atoms with Crippen molar-refractivity contribution in [2.45, 2.75) is 64.9 Å². The van der Waals surface area contributed by atoms with Crippen LogP contribution in [-0.2, 0) is 19.3 Å². The Morgan fingerprint density at radius 3 is 2.72 bits per heavy atom. The molecule has 2 N–H and O–H groups in total. The summed E-state index contributed by atoms with van der Waals surface area (Å²) >= 11 is 0. The highest BCUT2D eigenvalue weighted by molar-refractivity contribution is 5.93. The fourth-order valence-corrected chi connectivity index (χ4v) is 3.60. The zero-order valence-electron chi connectivity index (χ0n) is 15.1. The van der Waals surface area contributed by atoms with Crippen molar-refractivity contribution in [1.82, 2.24) is 0 Å². The summed E-state index contributed by atoms with van der Waals surface area (Å²) in [7, 11) is 0. The molecule has 0 saturated heterocycles. The van der Waals surface area contributed by atoms with E-state index < -0.39 is 5.63 Å². The van der Waals surface area contributed by atoms with Gasteiger partial charge in [-0.1, -0.05) is 13.3 Å². The highest BCUT2D eigenvalue weighted by atomic mass is 16.5. The monoisotopic (exact) mass is 346 g/mol. The molecule has 0 unspecified atom stereocenters. The van der Waals surface area contributed by atoms with Crippen LogP contribution in [0.4, 0.5) is 0 Å². The molecule has 0 atom stereocenters. The van der Waals surface area contributed by atoms with Crippen LogP contribution in [0, 0.1) is 0 Å². The van der Waals surface area contributed by atoms with E-state index in [2.05, 4.69) is 6.92 Å². The van der Waals surface area contributed by atoms with Gasteiger partial charge in [0, 0.05) is 23.8 Å². The number of aryl methyl sites for hydroxylation is 2. The van der Waals surface area contributed by atoms with Gasteiger partial charge in [-0.2, -0.15) is 0 Å². The van der Waals surface area contributed by atoms with Crippen molar-refractivity contribution in [3.63, 3.8) is 0 Å². The zero-order chi connectivity index (χ0) is 18.2. The Bertz CT molecular complexity index is 848. The summed E-state index contributed by atoms with van der Waals surface area (Å²) in [6.45, 7) is 6.12. The average Bonchev–Trinajstić information content (AvgIpc) is 2.53. The number of hydrogen-bond donors (Lipinski definition) is 2. The third-order valence-corrected chi connectivity index (χ3v) is 4.85. The van der Waals surface area contributed by atoms with Crippen LogP contribution < -0.4 is 10.4 Å². The van der Waals surface area contributed by atoms with E-state index in [0.29, 0.717) is 36.2 Å². The van der Waals surface area contributed by atoms with Gasteiger partial charge >= 0.3 is 5.63 Å². The zero-order valence-corrected chi connectivity index (χ0v) is 15.1. The largest absolute Gasteiger partial charge is 0.507 e. The van der Waals surface area contributed by atoms with E-state index in [0.717, 1.165) is 35.8 Å². The van der Waals surface area contributed by atoms with Gasteiger partial charge in [-0.25, -0.2) is 4.79 Å². The number of fused-ring (bicyclic) bond motifs is 3. The van der Waals surface area contributed by atoms with Gasteiger partial charge in [0.25, 0.3) is 0 Å². The number of aromatic hydroxyl groups is 1. The lowest BCUT2D eigenvalue weighted by Crippen LogP contribution is -2.33. The van der Waals surface area contributed by atoms with E-state index in [1.165, 1.54) is 6.07 Å². The quantitative estimate of drug-likeness (QED) is 0.810. The van der Waals surface area contributed by atoms with Crippen LogP contribution in [0.2, 0.25) is 0 Å². The number of ether oxygens (including phenoxy) is 1. The second kappa shape index (κ2) is 6.71. The molecule has 5 heteroatoms. The Morgan fingerprint density at radius 2 is 2.04 bits per heavy atom. The van der Waals surface area contributed by atoms with Crippen LogP contribution in [-0.4, -0.2) is 22.4 Å². The van der Waals surface area contributed by atoms with Crippen LogP contribution in [0.5, 0.6) is 11.5 Å². The molecule has 0 spiro atoms. The maximum Gasteiger partial charge on any atom is 0.336 e. The number of aliphatic hydroxyl groups excluding tert-OH is 1. The first-order valence-corrected chi connectivity index (χ1v) is 9.01. The molecule has 2 aromatic rings. The Balaban J connectivity index is 2.38. The molecule has 1 aromatic carbocycles. The van der Waals surface area contributed by atoms with Crippen LogP contribution in [0.1, 0.15) is 56.7 Å². The first-order valence-electron chi connectivity index (χ1n) is 9.01. The SMILES string of the molecule is CCCc1cc(=O)oc2c(CCCO)c(O)c3c(c12)OC(C)(C)CC3. The van der Waals surface area contributed by atoms with E-state index in [1.807, 2.05) is 13.8 Å². The summed E-state index contributed by atoms with van der Waals surface area (Å²) in [5.41, 5.74) is 1.92. The molecule has 25 heavy (non-hydrogen) atoms. The molecular weight excluding hydrogens is 320 g/mol. The summed E-state index contributed by atoms with van der Waals surface area (Å²) in [6, 6.07) is 1.53. The van der Waals surface area contributed by atoms with Gasteiger partial charge in [0.15, 0.2) is 0 Å². The number of rotatable bonds is 5. The first kappa shape index (κ1) is 17.8. The minimum atomic E-state index is -0.421. The standard InChI is InChI=1S/C20H26O5/c1-4-6-12-11-15(22)24-18-13(7-5-10-21)17(23)14-8-9-20(2,3)25-19(14)16(12)18/h11,21,23H,4-10H2,1-3H3. The molecule has 1 aliphatic rings. The Hall–Kier alpha value is -2.01. The lowest BCUT2D eigenvalue weighted by Gasteiger charge is -2.34. The number of benzene rings is 1. The van der Waals surface area contributed by atoms with E-state index in [-0.39, 0.29) is 18.0 Å². The molecule has 1 aromatic heterocycles. The fourth-order valence-electron chi connectivity index (χ4n) is 3.60. The first-order chi connectivity index (χ1) is 11.9. The molecule has 5 nitrogen and oxygen atoms in total. The fraction of sp³-hybridized carbons (Fsp3) is 0.550. The summed E-state index contributed by atoms with van der Waals surface area (Å²) < 4.78 is 11.7. The second-order valence-corrected chi connectivity index (χ2v) is 7.37. The van der Waals surface area contributed by atoms with Gasteiger partial charge in [0.2, 0.25) is 0 Å². The molecule has 0 amide bonds. The van der Waals surface area contributed by atoms with Crippen molar-refractivity contribution < 1.29 is 19.4 Å². The lowest BCUT2D eigenvalue weighted by molar-refractivity contribution is 0.0856. The van der Waals surface area contributed by atoms with Crippen molar-refractivity contribution in [3.05, 3.63) is 33.2 Å². The smallest absolute Gasteiger partial charge is 0.336 e. The number of phenols is 1. The van der Waals surface area contributed by atoms with Crippen molar-refractivity contribution in [2.75, 3.05) is 6.61 Å². The van der Waals surface area contributed by atoms with Crippen LogP contribution >= 0.6 is 0 Å². The molecule has 2 heterocycles. The number of phenolic OH excluding ortho intramolecular Hbond substituents is 1. The minimum Gasteiger partial charge on any atom is -0.507 e. The highest BCUT2D eigenvalue weighted by Gasteiger charge is 2.33. The van der Waals surface area contributed by atoms with E-state index in [9.17, 15) is 15.0 Å². The summed E-state index contributed by atoms with van der Waals surface area (Å²) in [6.07, 6.45) is 4.09. The summed E-state index contributed by atoms with van der Waals surface area (Å²) in [5, 5.41) is 20.8. The van der Waals surface area contributed by atoms with Crippen molar-refractivity contribution in [2.24, 2.45) is 0 Å². The van der Waals surface area contributed by atoms with E-state index >= 15 is 0 Å². The molecule has 136 valence electrons.